The maximum atomic E-state index is 16.1. The van der Waals surface area contributed by atoms with Crippen molar-refractivity contribution in [2.45, 2.75) is 96.6 Å². The first kappa shape index (κ1) is 28.4. The van der Waals surface area contributed by atoms with Gasteiger partial charge in [-0.25, -0.2) is 13.5 Å². The molecule has 4 saturated carbocycles. The van der Waals surface area contributed by atoms with E-state index in [9.17, 15) is 24.7 Å². The molecule has 4 aliphatic carbocycles. The van der Waals surface area contributed by atoms with E-state index in [-0.39, 0.29) is 47.8 Å². The molecule has 0 amide bonds. The third-order valence-electron chi connectivity index (χ3n) is 10.8. The van der Waals surface area contributed by atoms with E-state index < -0.39 is 50.0 Å². The zero-order chi connectivity index (χ0) is 26.7. The summed E-state index contributed by atoms with van der Waals surface area (Å²) in [5, 5.41) is 32.9. The smallest absolute Gasteiger partial charge is 0.438 e. The Morgan fingerprint density at radius 2 is 1.83 bits per heavy atom. The molecule has 36 heavy (non-hydrogen) atoms. The van der Waals surface area contributed by atoms with E-state index in [2.05, 4.69) is 11.4 Å². The number of phosphoric ester groups is 1. The quantitative estimate of drug-likeness (QED) is 0.187. The van der Waals surface area contributed by atoms with Gasteiger partial charge in [0.1, 0.15) is 0 Å². The molecule has 0 saturated heterocycles. The highest BCUT2D eigenvalue weighted by Crippen LogP contribution is 2.70. The van der Waals surface area contributed by atoms with Gasteiger partial charge in [0, 0.05) is 18.8 Å². The van der Waals surface area contributed by atoms with E-state index in [0.29, 0.717) is 32.1 Å². The van der Waals surface area contributed by atoms with Crippen molar-refractivity contribution >= 4 is 13.8 Å². The molecular formula is C25H42FO9P. The SMILES string of the molecule is CC(CCC(=O)OCOP(=O)(O)O)C1CCC2C3C(CC(O)C12C)C1(C)CCC(O)CC1CC3(O)F. The molecule has 0 aromatic carbocycles. The van der Waals surface area contributed by atoms with Crippen molar-refractivity contribution in [3.63, 3.8) is 0 Å². The fraction of sp³-hybridized carbons (Fsp3) is 0.960. The first-order valence-electron chi connectivity index (χ1n) is 13.2. The number of hydrogen-bond acceptors (Lipinski definition) is 7. The van der Waals surface area contributed by atoms with Crippen molar-refractivity contribution in [1.82, 2.24) is 0 Å². The van der Waals surface area contributed by atoms with Crippen LogP contribution in [0.4, 0.5) is 4.39 Å². The molecule has 4 rings (SSSR count). The van der Waals surface area contributed by atoms with Gasteiger partial charge in [0.15, 0.2) is 0 Å². The lowest BCUT2D eigenvalue weighted by molar-refractivity contribution is -0.285. The van der Waals surface area contributed by atoms with Crippen molar-refractivity contribution in [1.29, 1.82) is 0 Å². The molecule has 0 bridgehead atoms. The summed E-state index contributed by atoms with van der Waals surface area (Å²) in [6, 6.07) is 0. The minimum atomic E-state index is -4.72. The van der Waals surface area contributed by atoms with Gasteiger partial charge in [-0.1, -0.05) is 20.8 Å². The topological polar surface area (TPSA) is 154 Å². The molecule has 4 fully saturated rings. The highest BCUT2D eigenvalue weighted by molar-refractivity contribution is 7.46. The van der Waals surface area contributed by atoms with Gasteiger partial charge < -0.3 is 29.8 Å². The molecule has 0 aromatic heterocycles. The Kier molecular flexibility index (Phi) is 7.77. The van der Waals surface area contributed by atoms with Crippen molar-refractivity contribution in [2.24, 2.45) is 46.3 Å². The highest BCUT2D eigenvalue weighted by atomic mass is 31.2. The molecule has 0 aliphatic heterocycles. The van der Waals surface area contributed by atoms with E-state index in [4.69, 9.17) is 14.5 Å². The maximum Gasteiger partial charge on any atom is 0.472 e. The Morgan fingerprint density at radius 3 is 2.50 bits per heavy atom. The molecule has 4 aliphatic rings. The van der Waals surface area contributed by atoms with Crippen LogP contribution in [0.1, 0.15) is 78.6 Å². The minimum absolute atomic E-state index is 0.00547. The summed E-state index contributed by atoms with van der Waals surface area (Å²) in [6.07, 6.45) is 3.13. The number of ether oxygens (including phenoxy) is 1. The summed E-state index contributed by atoms with van der Waals surface area (Å²) in [4.78, 5) is 29.4. The second-order valence-corrected chi connectivity index (χ2v) is 13.7. The third-order valence-corrected chi connectivity index (χ3v) is 11.2. The number of aliphatic hydroxyl groups excluding tert-OH is 2. The maximum absolute atomic E-state index is 16.1. The van der Waals surface area contributed by atoms with E-state index in [1.54, 1.807) is 0 Å². The van der Waals surface area contributed by atoms with Crippen LogP contribution in [0.5, 0.6) is 0 Å². The van der Waals surface area contributed by atoms with Gasteiger partial charge in [-0.3, -0.25) is 4.79 Å². The number of carbonyl (C=O) groups excluding carboxylic acids is 1. The van der Waals surface area contributed by atoms with Gasteiger partial charge in [-0.2, -0.15) is 0 Å². The Bertz CT molecular complexity index is 880. The number of carbonyl (C=O) groups is 1. The van der Waals surface area contributed by atoms with Crippen LogP contribution in [0.2, 0.25) is 0 Å². The Hall–Kier alpha value is -0.610. The summed E-state index contributed by atoms with van der Waals surface area (Å²) in [7, 11) is -4.72. The van der Waals surface area contributed by atoms with Gasteiger partial charge in [-0.15, -0.1) is 0 Å². The highest BCUT2D eigenvalue weighted by Gasteiger charge is 2.69. The molecule has 5 N–H and O–H groups in total. The number of hydrogen-bond donors (Lipinski definition) is 5. The van der Waals surface area contributed by atoms with Crippen LogP contribution in [0.15, 0.2) is 0 Å². The number of esters is 1. The van der Waals surface area contributed by atoms with E-state index in [1.165, 1.54) is 0 Å². The lowest BCUT2D eigenvalue weighted by Crippen LogP contribution is -2.65. The lowest BCUT2D eigenvalue weighted by Gasteiger charge is -2.64. The Balaban J connectivity index is 1.47. The molecule has 11 unspecified atom stereocenters. The molecule has 11 atom stereocenters. The first-order valence-corrected chi connectivity index (χ1v) is 14.8. The van der Waals surface area contributed by atoms with Crippen molar-refractivity contribution in [3.8, 4) is 0 Å². The normalized spacial score (nSPS) is 47.4. The van der Waals surface area contributed by atoms with Crippen molar-refractivity contribution in [3.05, 3.63) is 0 Å². The average molecular weight is 537 g/mol. The summed E-state index contributed by atoms with van der Waals surface area (Å²) >= 11 is 0. The second-order valence-electron chi connectivity index (χ2n) is 12.5. The van der Waals surface area contributed by atoms with Gasteiger partial charge in [0.2, 0.25) is 12.6 Å². The van der Waals surface area contributed by atoms with Crippen LogP contribution in [0.25, 0.3) is 0 Å². The molecule has 11 heteroatoms. The van der Waals surface area contributed by atoms with Crippen molar-refractivity contribution < 1.29 is 48.1 Å². The number of rotatable bonds is 7. The van der Waals surface area contributed by atoms with Gasteiger partial charge in [0.05, 0.1) is 12.2 Å². The summed E-state index contributed by atoms with van der Waals surface area (Å²) in [6.45, 7) is 5.34. The monoisotopic (exact) mass is 536 g/mol. The molecule has 208 valence electrons. The van der Waals surface area contributed by atoms with E-state index >= 15 is 4.39 Å². The van der Waals surface area contributed by atoms with Crippen LogP contribution in [-0.4, -0.2) is 55.9 Å². The van der Waals surface area contributed by atoms with Gasteiger partial charge in [0.25, 0.3) is 0 Å². The zero-order valence-corrected chi connectivity index (χ0v) is 22.3. The van der Waals surface area contributed by atoms with Crippen LogP contribution in [0, 0.1) is 46.3 Å². The minimum Gasteiger partial charge on any atom is -0.438 e. The van der Waals surface area contributed by atoms with Gasteiger partial charge in [-0.05, 0) is 85.4 Å². The standard InChI is InChI=1S/C25H42FO9P/c1-14(4-7-21(29)34-13-35-36(31,32)33)17-5-6-18-22-19(11-20(28)24(17,18)3)23(2)9-8-16(27)10-15(23)12-25(22,26)30/h14-20,22,27-28,30H,4-13H2,1-3H3,(H2,31,32,33). The van der Waals surface area contributed by atoms with Crippen LogP contribution < -0.4 is 0 Å². The molecule has 9 nitrogen and oxygen atoms in total. The predicted molar refractivity (Wildman–Crippen MR) is 127 cm³/mol. The lowest BCUT2D eigenvalue weighted by atomic mass is 9.42. The Labute approximate surface area is 212 Å². The van der Waals surface area contributed by atoms with E-state index in [0.717, 1.165) is 12.8 Å². The van der Waals surface area contributed by atoms with E-state index in [1.807, 2.05) is 13.8 Å². The number of alkyl halides is 1. The van der Waals surface area contributed by atoms with Gasteiger partial charge >= 0.3 is 13.8 Å². The molecule has 0 radical (unpaired) electrons. The van der Waals surface area contributed by atoms with Crippen LogP contribution >= 0.6 is 7.82 Å². The van der Waals surface area contributed by atoms with Crippen molar-refractivity contribution in [2.75, 3.05) is 6.79 Å². The molecule has 0 spiro atoms. The molecule has 0 heterocycles. The first-order chi connectivity index (χ1) is 16.6. The zero-order valence-electron chi connectivity index (χ0n) is 21.4. The number of phosphoric acid groups is 1. The number of aliphatic hydroxyl groups is 3. The molecular weight excluding hydrogens is 494 g/mol. The number of fused-ring (bicyclic) bond motifs is 5. The fourth-order valence-corrected chi connectivity index (χ4v) is 9.08. The fourth-order valence-electron chi connectivity index (χ4n) is 8.89. The second kappa shape index (κ2) is 9.85. The number of halogens is 1. The Morgan fingerprint density at radius 1 is 1.14 bits per heavy atom. The summed E-state index contributed by atoms with van der Waals surface area (Å²) in [5.74, 6) is -4.01. The average Bonchev–Trinajstić information content (AvgIpc) is 3.11. The summed E-state index contributed by atoms with van der Waals surface area (Å²) < 4.78 is 35.7. The van der Waals surface area contributed by atoms with Crippen LogP contribution in [0.3, 0.4) is 0 Å². The third kappa shape index (κ3) is 5.04. The van der Waals surface area contributed by atoms with Crippen LogP contribution in [-0.2, 0) is 18.6 Å². The largest absolute Gasteiger partial charge is 0.472 e. The predicted octanol–water partition coefficient (Wildman–Crippen LogP) is 3.27. The summed E-state index contributed by atoms with van der Waals surface area (Å²) in [5.41, 5.74) is -0.835. The molecule has 0 aromatic rings.